The molecule has 3 aliphatic rings. The minimum atomic E-state index is -1.16. The summed E-state index contributed by atoms with van der Waals surface area (Å²) in [4.78, 5) is 47.9. The molecule has 224 valence electrons. The van der Waals surface area contributed by atoms with Gasteiger partial charge in [-0.15, -0.1) is 13.2 Å². The molecule has 7 atom stereocenters. The molecule has 1 aromatic carbocycles. The fraction of sp³-hybridized carbons (Fsp3) is 0.594. The number of amides is 3. The lowest BCUT2D eigenvalue weighted by Gasteiger charge is -2.39. The lowest BCUT2D eigenvalue weighted by atomic mass is 9.70. The highest BCUT2D eigenvalue weighted by atomic mass is 79.9. The Morgan fingerprint density at radius 2 is 1.83 bits per heavy atom. The molecule has 2 bridgehead atoms. The average molecular weight is 631 g/mol. The summed E-state index contributed by atoms with van der Waals surface area (Å²) < 4.78 is 6.70. The number of alkyl halides is 1. The molecule has 3 heterocycles. The van der Waals surface area contributed by atoms with Gasteiger partial charge in [-0.3, -0.25) is 14.4 Å². The number of nitrogens with zero attached hydrogens (tertiary/aromatic N) is 3. The van der Waals surface area contributed by atoms with Gasteiger partial charge in [0.25, 0.3) is 0 Å². The molecule has 3 unspecified atom stereocenters. The second kappa shape index (κ2) is 13.7. The predicted octanol–water partition coefficient (Wildman–Crippen LogP) is 3.92. The van der Waals surface area contributed by atoms with Crippen LogP contribution in [0.4, 0.5) is 0 Å². The van der Waals surface area contributed by atoms with E-state index in [0.29, 0.717) is 39.0 Å². The number of carbonyl (C=O) groups excluding carboxylic acids is 3. The van der Waals surface area contributed by atoms with Crippen LogP contribution in [-0.2, 0) is 25.7 Å². The summed E-state index contributed by atoms with van der Waals surface area (Å²) in [6, 6.07) is 8.23. The maximum atomic E-state index is 14.4. The van der Waals surface area contributed by atoms with Gasteiger partial charge in [0.15, 0.2) is 0 Å². The molecule has 3 amide bonds. The quantitative estimate of drug-likeness (QED) is 0.180. The fourth-order valence-corrected chi connectivity index (χ4v) is 7.95. The van der Waals surface area contributed by atoms with Crippen molar-refractivity contribution < 1.29 is 24.2 Å². The number of ether oxygens (including phenoxy) is 1. The standard InChI is InChI=1S/C32H44BrN3O5/c1-5-9-13-18-34(16-6-2)31(40)28-32-19-24(33)27(41-32)25(26(32)30(39)36(28)23(8-4)21-37)29(38)35(17-7-3)20-22-14-11-10-12-15-22/h6-7,10-12,14-15,23-28,37H,2-3,5,8-9,13,16-21H2,1,4H3/t23-,24?,25+,26-,27+,28?,32?/m0/s1. The first-order valence-corrected chi connectivity index (χ1v) is 15.8. The maximum Gasteiger partial charge on any atom is 0.248 e. The van der Waals surface area contributed by atoms with Crippen LogP contribution < -0.4 is 0 Å². The monoisotopic (exact) mass is 629 g/mol. The highest BCUT2D eigenvalue weighted by Gasteiger charge is 2.77. The topological polar surface area (TPSA) is 90.4 Å². The van der Waals surface area contributed by atoms with Gasteiger partial charge in [-0.25, -0.2) is 0 Å². The van der Waals surface area contributed by atoms with E-state index < -0.39 is 35.6 Å². The van der Waals surface area contributed by atoms with Gasteiger partial charge in [-0.1, -0.05) is 85.1 Å². The number of hydrogen-bond donors (Lipinski definition) is 1. The zero-order valence-corrected chi connectivity index (χ0v) is 25.9. The van der Waals surface area contributed by atoms with Gasteiger partial charge < -0.3 is 24.5 Å². The summed E-state index contributed by atoms with van der Waals surface area (Å²) in [7, 11) is 0. The third-order valence-electron chi connectivity index (χ3n) is 8.89. The van der Waals surface area contributed by atoms with E-state index in [1.165, 1.54) is 0 Å². The number of benzene rings is 1. The molecule has 3 aliphatic heterocycles. The smallest absolute Gasteiger partial charge is 0.248 e. The van der Waals surface area contributed by atoms with E-state index in [-0.39, 0.29) is 29.2 Å². The molecule has 1 N–H and O–H groups in total. The molecule has 0 aromatic heterocycles. The van der Waals surface area contributed by atoms with Crippen LogP contribution in [0.1, 0.15) is 51.5 Å². The van der Waals surface area contributed by atoms with Crippen molar-refractivity contribution in [3.05, 3.63) is 61.2 Å². The molecule has 4 rings (SSSR count). The van der Waals surface area contributed by atoms with E-state index in [9.17, 15) is 19.5 Å². The average Bonchev–Trinajstić information content (AvgIpc) is 3.56. The van der Waals surface area contributed by atoms with Crippen LogP contribution in [-0.4, -0.2) is 92.4 Å². The predicted molar refractivity (Wildman–Crippen MR) is 162 cm³/mol. The molecule has 0 saturated carbocycles. The maximum absolute atomic E-state index is 14.4. The van der Waals surface area contributed by atoms with E-state index in [0.717, 1.165) is 24.8 Å². The summed E-state index contributed by atoms with van der Waals surface area (Å²) in [5, 5.41) is 10.3. The van der Waals surface area contributed by atoms with Crippen molar-refractivity contribution in [1.29, 1.82) is 0 Å². The number of likely N-dealkylation sites (tertiary alicyclic amines) is 1. The minimum Gasteiger partial charge on any atom is -0.394 e. The van der Waals surface area contributed by atoms with Crippen LogP contribution >= 0.6 is 15.9 Å². The molecule has 1 spiro atoms. The number of unbranched alkanes of at least 4 members (excludes halogenated alkanes) is 2. The van der Waals surface area contributed by atoms with Gasteiger partial charge in [-0.05, 0) is 24.8 Å². The summed E-state index contributed by atoms with van der Waals surface area (Å²) in [5.74, 6) is -2.24. The van der Waals surface area contributed by atoms with E-state index >= 15 is 0 Å². The SMILES string of the molecule is C=CCN(CCCCC)C(=O)C1N([C@@H](CC)CO)C(=O)[C@@H]2[C@@H](C(=O)N(CC=C)Cc3ccccc3)[C@@H]3OC12CC3Br. The Balaban J connectivity index is 1.74. The van der Waals surface area contributed by atoms with Crippen molar-refractivity contribution >= 4 is 33.7 Å². The second-order valence-electron chi connectivity index (χ2n) is 11.4. The van der Waals surface area contributed by atoms with Gasteiger partial charge in [0.05, 0.1) is 30.6 Å². The van der Waals surface area contributed by atoms with E-state index in [1.807, 2.05) is 37.3 Å². The van der Waals surface area contributed by atoms with Crippen molar-refractivity contribution in [2.45, 2.75) is 81.1 Å². The largest absolute Gasteiger partial charge is 0.394 e. The Hall–Kier alpha value is -2.49. The molecule has 0 aliphatic carbocycles. The number of fused-ring (bicyclic) bond motifs is 1. The van der Waals surface area contributed by atoms with Crippen LogP contribution in [0, 0.1) is 11.8 Å². The van der Waals surface area contributed by atoms with E-state index in [4.69, 9.17) is 4.74 Å². The number of hydrogen-bond acceptors (Lipinski definition) is 5. The van der Waals surface area contributed by atoms with Gasteiger partial charge in [0, 0.05) is 31.0 Å². The van der Waals surface area contributed by atoms with Crippen LogP contribution in [0.25, 0.3) is 0 Å². The van der Waals surface area contributed by atoms with E-state index in [1.54, 1.807) is 26.9 Å². The van der Waals surface area contributed by atoms with Crippen molar-refractivity contribution in [1.82, 2.24) is 14.7 Å². The summed E-state index contributed by atoms with van der Waals surface area (Å²) in [6.45, 7) is 13.0. The third-order valence-corrected chi connectivity index (χ3v) is 9.74. The third kappa shape index (κ3) is 5.77. The number of aliphatic hydroxyl groups is 1. The normalized spacial score (nSPS) is 28.8. The lowest BCUT2D eigenvalue weighted by molar-refractivity contribution is -0.152. The Morgan fingerprint density at radius 3 is 2.44 bits per heavy atom. The van der Waals surface area contributed by atoms with Crippen LogP contribution in [0.2, 0.25) is 0 Å². The molecular formula is C32H44BrN3O5. The Bertz CT molecular complexity index is 1110. The fourth-order valence-electron chi connectivity index (χ4n) is 7.01. The first kappa shape index (κ1) is 31.4. The van der Waals surface area contributed by atoms with E-state index in [2.05, 4.69) is 36.0 Å². The molecule has 3 saturated heterocycles. The van der Waals surface area contributed by atoms with Gasteiger partial charge in [0.1, 0.15) is 11.6 Å². The van der Waals surface area contributed by atoms with Gasteiger partial charge in [0.2, 0.25) is 17.7 Å². The van der Waals surface area contributed by atoms with Crippen LogP contribution in [0.5, 0.6) is 0 Å². The highest BCUT2D eigenvalue weighted by molar-refractivity contribution is 9.09. The Morgan fingerprint density at radius 1 is 1.15 bits per heavy atom. The van der Waals surface area contributed by atoms with Crippen LogP contribution in [0.3, 0.4) is 0 Å². The molecule has 0 radical (unpaired) electrons. The molecule has 9 heteroatoms. The first-order chi connectivity index (χ1) is 19.8. The molecule has 41 heavy (non-hydrogen) atoms. The summed E-state index contributed by atoms with van der Waals surface area (Å²) in [6.07, 6.45) is 6.59. The summed E-state index contributed by atoms with van der Waals surface area (Å²) in [5.41, 5.74) is -0.185. The zero-order valence-electron chi connectivity index (χ0n) is 24.3. The van der Waals surface area contributed by atoms with Crippen molar-refractivity contribution in [2.75, 3.05) is 26.2 Å². The Kier molecular flexibility index (Phi) is 10.5. The molecule has 3 fully saturated rings. The lowest BCUT2D eigenvalue weighted by Crippen LogP contribution is -2.59. The van der Waals surface area contributed by atoms with Gasteiger partial charge in [-0.2, -0.15) is 0 Å². The molecule has 8 nitrogen and oxygen atoms in total. The molecular weight excluding hydrogens is 586 g/mol. The Labute approximate surface area is 252 Å². The number of carbonyl (C=O) groups is 3. The number of aliphatic hydroxyl groups excluding tert-OH is 1. The van der Waals surface area contributed by atoms with Crippen molar-refractivity contribution in [2.24, 2.45) is 11.8 Å². The van der Waals surface area contributed by atoms with Crippen molar-refractivity contribution in [3.8, 4) is 0 Å². The van der Waals surface area contributed by atoms with Gasteiger partial charge >= 0.3 is 0 Å². The molecule has 1 aromatic rings. The van der Waals surface area contributed by atoms with Crippen LogP contribution in [0.15, 0.2) is 55.6 Å². The first-order valence-electron chi connectivity index (χ1n) is 14.9. The zero-order chi connectivity index (χ0) is 29.7. The number of rotatable bonds is 15. The van der Waals surface area contributed by atoms with Crippen molar-refractivity contribution in [3.63, 3.8) is 0 Å². The summed E-state index contributed by atoms with van der Waals surface area (Å²) >= 11 is 3.76. The second-order valence-corrected chi connectivity index (χ2v) is 12.6. The number of halogens is 1. The minimum absolute atomic E-state index is 0.181. The highest BCUT2D eigenvalue weighted by Crippen LogP contribution is 2.61.